The van der Waals surface area contributed by atoms with Crippen molar-refractivity contribution in [2.75, 3.05) is 7.11 Å². The van der Waals surface area contributed by atoms with E-state index < -0.39 is 0 Å². The minimum Gasteiger partial charge on any atom is -0.465 e. The molecule has 6 heteroatoms. The van der Waals surface area contributed by atoms with Gasteiger partial charge in [0.05, 0.1) is 24.6 Å². The number of aryl methyl sites for hydroxylation is 1. The van der Waals surface area contributed by atoms with E-state index in [1.807, 2.05) is 6.92 Å². The number of nitrogens with zero attached hydrogens (tertiary/aromatic N) is 2. The van der Waals surface area contributed by atoms with Crippen LogP contribution in [0.2, 0.25) is 0 Å². The zero-order valence-corrected chi connectivity index (χ0v) is 12.3. The Bertz CT molecular complexity index is 891. The number of H-pyrrole nitrogens is 1. The topological polar surface area (TPSA) is 77.0 Å². The van der Waals surface area contributed by atoms with Gasteiger partial charge in [-0.1, -0.05) is 12.1 Å². The summed E-state index contributed by atoms with van der Waals surface area (Å²) in [4.78, 5) is 31.1. The van der Waals surface area contributed by atoms with Gasteiger partial charge in [0.15, 0.2) is 0 Å². The summed E-state index contributed by atoms with van der Waals surface area (Å²) < 4.78 is 6.20. The molecule has 6 nitrogen and oxygen atoms in total. The third-order valence-electron chi connectivity index (χ3n) is 3.48. The third kappa shape index (κ3) is 2.50. The van der Waals surface area contributed by atoms with Gasteiger partial charge in [-0.2, -0.15) is 0 Å². The van der Waals surface area contributed by atoms with Crippen molar-refractivity contribution in [1.29, 1.82) is 0 Å². The highest BCUT2D eigenvalue weighted by Crippen LogP contribution is 2.09. The van der Waals surface area contributed by atoms with Crippen LogP contribution in [-0.2, 0) is 11.3 Å². The van der Waals surface area contributed by atoms with Crippen LogP contribution in [0.4, 0.5) is 0 Å². The number of hydrogen-bond acceptors (Lipinski definition) is 4. The molecule has 0 saturated heterocycles. The van der Waals surface area contributed by atoms with Crippen LogP contribution in [0.25, 0.3) is 11.0 Å². The first-order valence-electron chi connectivity index (χ1n) is 6.80. The van der Waals surface area contributed by atoms with Gasteiger partial charge in [0.25, 0.3) is 5.56 Å². The molecule has 0 bridgehead atoms. The lowest BCUT2D eigenvalue weighted by Crippen LogP contribution is -2.20. The van der Waals surface area contributed by atoms with Crippen LogP contribution in [0, 0.1) is 6.92 Å². The lowest BCUT2D eigenvalue weighted by molar-refractivity contribution is 0.0600. The number of fused-ring (bicyclic) bond motifs is 1. The quantitative estimate of drug-likeness (QED) is 0.749. The van der Waals surface area contributed by atoms with E-state index in [0.717, 1.165) is 11.3 Å². The number of rotatable bonds is 3. The summed E-state index contributed by atoms with van der Waals surface area (Å²) in [5.74, 6) is -0.380. The highest BCUT2D eigenvalue weighted by molar-refractivity contribution is 5.89. The average molecular weight is 297 g/mol. The molecule has 0 amide bonds. The summed E-state index contributed by atoms with van der Waals surface area (Å²) in [5, 5.41) is 0.575. The zero-order valence-electron chi connectivity index (χ0n) is 12.3. The molecule has 3 rings (SSSR count). The van der Waals surface area contributed by atoms with Gasteiger partial charge in [-0.3, -0.25) is 9.36 Å². The first-order valence-corrected chi connectivity index (χ1v) is 6.80. The Kier molecular flexibility index (Phi) is 3.50. The Morgan fingerprint density at radius 2 is 2.05 bits per heavy atom. The van der Waals surface area contributed by atoms with E-state index >= 15 is 0 Å². The number of esters is 1. The number of hydrogen-bond donors (Lipinski definition) is 1. The van der Waals surface area contributed by atoms with E-state index in [4.69, 9.17) is 0 Å². The number of benzene rings is 1. The standard InChI is InChI=1S/C16H15N3O3/c1-10-7-13-14(18-10)17-9-19(15(13)20)8-11-3-5-12(6-4-11)16(21)22-2/h3-7,9,18H,8H2,1-2H3. The number of aromatic nitrogens is 3. The number of nitrogens with one attached hydrogen (secondary N) is 1. The predicted octanol–water partition coefficient (Wildman–Crippen LogP) is 1.87. The summed E-state index contributed by atoms with van der Waals surface area (Å²) in [7, 11) is 1.34. The third-order valence-corrected chi connectivity index (χ3v) is 3.48. The molecule has 112 valence electrons. The van der Waals surface area contributed by atoms with Gasteiger partial charge in [-0.05, 0) is 30.7 Å². The molecule has 0 fully saturated rings. The minimum absolute atomic E-state index is 0.0913. The SMILES string of the molecule is COC(=O)c1ccc(Cn2cnc3[nH]c(C)cc3c2=O)cc1. The van der Waals surface area contributed by atoms with Crippen molar-refractivity contribution in [3.05, 3.63) is 63.8 Å². The van der Waals surface area contributed by atoms with Gasteiger partial charge < -0.3 is 9.72 Å². The fourth-order valence-electron chi connectivity index (χ4n) is 2.35. The second-order valence-corrected chi connectivity index (χ2v) is 5.08. The molecule has 0 aliphatic heterocycles. The maximum atomic E-state index is 12.4. The Labute approximate surface area is 126 Å². The summed E-state index contributed by atoms with van der Waals surface area (Å²) in [6, 6.07) is 8.75. The summed E-state index contributed by atoms with van der Waals surface area (Å²) in [5.41, 5.74) is 2.79. The fourth-order valence-corrected chi connectivity index (χ4v) is 2.35. The molecule has 0 atom stereocenters. The Balaban J connectivity index is 1.91. The molecule has 0 radical (unpaired) electrons. The number of carbonyl (C=O) groups is 1. The van der Waals surface area contributed by atoms with E-state index in [9.17, 15) is 9.59 Å². The molecule has 2 aromatic heterocycles. The van der Waals surface area contributed by atoms with E-state index in [2.05, 4.69) is 14.7 Å². The molecule has 3 aromatic rings. The van der Waals surface area contributed by atoms with Crippen molar-refractivity contribution in [2.24, 2.45) is 0 Å². The highest BCUT2D eigenvalue weighted by Gasteiger charge is 2.08. The van der Waals surface area contributed by atoms with Gasteiger partial charge in [0.1, 0.15) is 12.0 Å². The van der Waals surface area contributed by atoms with Crippen LogP contribution in [0.3, 0.4) is 0 Å². The summed E-state index contributed by atoms with van der Waals surface area (Å²) in [6.07, 6.45) is 1.52. The van der Waals surface area contributed by atoms with Crippen LogP contribution in [0.5, 0.6) is 0 Å². The van der Waals surface area contributed by atoms with Gasteiger partial charge in [-0.15, -0.1) is 0 Å². The molecule has 1 N–H and O–H groups in total. The molecule has 0 saturated carbocycles. The monoisotopic (exact) mass is 297 g/mol. The second kappa shape index (κ2) is 5.48. The fraction of sp³-hybridized carbons (Fsp3) is 0.188. The van der Waals surface area contributed by atoms with Gasteiger partial charge in [0, 0.05) is 5.69 Å². The highest BCUT2D eigenvalue weighted by atomic mass is 16.5. The number of ether oxygens (including phenoxy) is 1. The molecule has 0 spiro atoms. The lowest BCUT2D eigenvalue weighted by atomic mass is 10.1. The van der Waals surface area contributed by atoms with Crippen LogP contribution in [0.1, 0.15) is 21.6 Å². The van der Waals surface area contributed by atoms with Crippen LogP contribution < -0.4 is 5.56 Å². The Morgan fingerprint density at radius 1 is 1.32 bits per heavy atom. The average Bonchev–Trinajstić information content (AvgIpc) is 2.91. The van der Waals surface area contributed by atoms with Crippen LogP contribution in [0.15, 0.2) is 41.5 Å². The van der Waals surface area contributed by atoms with E-state index in [1.165, 1.54) is 13.4 Å². The number of carbonyl (C=O) groups excluding carboxylic acids is 1. The van der Waals surface area contributed by atoms with E-state index in [1.54, 1.807) is 34.9 Å². The minimum atomic E-state index is -0.380. The van der Waals surface area contributed by atoms with Crippen LogP contribution >= 0.6 is 0 Å². The van der Waals surface area contributed by atoms with E-state index in [-0.39, 0.29) is 11.5 Å². The normalized spacial score (nSPS) is 10.8. The predicted molar refractivity (Wildman–Crippen MR) is 82.0 cm³/mol. The summed E-state index contributed by atoms with van der Waals surface area (Å²) >= 11 is 0. The zero-order chi connectivity index (χ0) is 15.7. The molecular formula is C16H15N3O3. The first kappa shape index (κ1) is 14.1. The number of methoxy groups -OCH3 is 1. The Morgan fingerprint density at radius 3 is 2.73 bits per heavy atom. The Hall–Kier alpha value is -2.89. The van der Waals surface area contributed by atoms with Gasteiger partial charge >= 0.3 is 5.97 Å². The van der Waals surface area contributed by atoms with Crippen LogP contribution in [-0.4, -0.2) is 27.6 Å². The first-order chi connectivity index (χ1) is 10.6. The lowest BCUT2D eigenvalue weighted by Gasteiger charge is -2.06. The largest absolute Gasteiger partial charge is 0.465 e. The van der Waals surface area contributed by atoms with Gasteiger partial charge in [-0.25, -0.2) is 9.78 Å². The maximum Gasteiger partial charge on any atom is 0.337 e. The molecule has 2 heterocycles. The smallest absolute Gasteiger partial charge is 0.337 e. The molecule has 22 heavy (non-hydrogen) atoms. The van der Waals surface area contributed by atoms with Crippen molar-refractivity contribution in [1.82, 2.24) is 14.5 Å². The molecule has 1 aromatic carbocycles. The van der Waals surface area contributed by atoms with Crippen molar-refractivity contribution in [3.63, 3.8) is 0 Å². The molecular weight excluding hydrogens is 282 g/mol. The van der Waals surface area contributed by atoms with Gasteiger partial charge in [0.2, 0.25) is 0 Å². The number of aromatic amines is 1. The molecule has 0 aliphatic carbocycles. The molecule has 0 unspecified atom stereocenters. The van der Waals surface area contributed by atoms with Crippen molar-refractivity contribution >= 4 is 17.0 Å². The van der Waals surface area contributed by atoms with Crippen molar-refractivity contribution < 1.29 is 9.53 Å². The van der Waals surface area contributed by atoms with E-state index in [0.29, 0.717) is 23.1 Å². The van der Waals surface area contributed by atoms with Crippen molar-refractivity contribution in [2.45, 2.75) is 13.5 Å². The second-order valence-electron chi connectivity index (χ2n) is 5.08. The maximum absolute atomic E-state index is 12.4. The summed E-state index contributed by atoms with van der Waals surface area (Å²) in [6.45, 7) is 2.28. The van der Waals surface area contributed by atoms with Crippen molar-refractivity contribution in [3.8, 4) is 0 Å². The molecule has 0 aliphatic rings.